The molecule has 0 N–H and O–H groups in total. The zero-order valence-electron chi connectivity index (χ0n) is 7.75. The van der Waals surface area contributed by atoms with E-state index in [0.29, 0.717) is 0 Å². The van der Waals surface area contributed by atoms with Crippen LogP contribution in [0.15, 0.2) is 22.8 Å². The molecular formula is C10H12BrNO. The van der Waals surface area contributed by atoms with Crippen LogP contribution in [0.25, 0.3) is 0 Å². The highest BCUT2D eigenvalue weighted by Gasteiger charge is 2.17. The fourth-order valence-electron chi connectivity index (χ4n) is 1.33. The number of rotatable bonds is 3. The average molecular weight is 242 g/mol. The molecule has 1 unspecified atom stereocenters. The maximum Gasteiger partial charge on any atom is 0.138 e. The topological polar surface area (TPSA) is 30.0 Å². The molecule has 0 fully saturated rings. The van der Waals surface area contributed by atoms with Crippen LogP contribution in [0.4, 0.5) is 0 Å². The van der Waals surface area contributed by atoms with Crippen molar-refractivity contribution in [3.63, 3.8) is 0 Å². The van der Waals surface area contributed by atoms with E-state index in [1.165, 1.54) is 0 Å². The third kappa shape index (κ3) is 2.37. The van der Waals surface area contributed by atoms with E-state index in [2.05, 4.69) is 20.9 Å². The van der Waals surface area contributed by atoms with Gasteiger partial charge in [-0.3, -0.25) is 9.78 Å². The molecule has 70 valence electrons. The minimum absolute atomic E-state index is 0.0735. The molecule has 2 nitrogen and oxygen atoms in total. The van der Waals surface area contributed by atoms with Gasteiger partial charge in [0.2, 0.25) is 0 Å². The highest BCUT2D eigenvalue weighted by molar-refractivity contribution is 9.10. The summed E-state index contributed by atoms with van der Waals surface area (Å²) in [4.78, 5) is 15.5. The molecule has 1 atom stereocenters. The van der Waals surface area contributed by atoms with Gasteiger partial charge in [-0.05, 0) is 41.4 Å². The number of hydrogen-bond donors (Lipinski definition) is 0. The Bertz CT molecular complexity index is 312. The SMILES string of the molecule is CCC(C(C)=O)c1ncccc1Br. The van der Waals surface area contributed by atoms with Crippen LogP contribution in [0.3, 0.4) is 0 Å². The molecule has 13 heavy (non-hydrogen) atoms. The van der Waals surface area contributed by atoms with Crippen LogP contribution in [0.5, 0.6) is 0 Å². The maximum absolute atomic E-state index is 11.3. The van der Waals surface area contributed by atoms with Crippen LogP contribution in [0.2, 0.25) is 0 Å². The maximum atomic E-state index is 11.3. The Hall–Kier alpha value is -0.700. The quantitative estimate of drug-likeness (QED) is 0.815. The van der Waals surface area contributed by atoms with Crippen molar-refractivity contribution in [3.05, 3.63) is 28.5 Å². The number of halogens is 1. The predicted octanol–water partition coefficient (Wildman–Crippen LogP) is 2.93. The monoisotopic (exact) mass is 241 g/mol. The zero-order chi connectivity index (χ0) is 9.84. The molecule has 3 heteroatoms. The van der Waals surface area contributed by atoms with Gasteiger partial charge in [0.15, 0.2) is 0 Å². The third-order valence-corrected chi connectivity index (χ3v) is 2.69. The lowest BCUT2D eigenvalue weighted by Crippen LogP contribution is -2.09. The zero-order valence-corrected chi connectivity index (χ0v) is 9.34. The van der Waals surface area contributed by atoms with Crippen molar-refractivity contribution in [2.24, 2.45) is 0 Å². The largest absolute Gasteiger partial charge is 0.299 e. The smallest absolute Gasteiger partial charge is 0.138 e. The first-order valence-corrected chi connectivity index (χ1v) is 5.07. The number of nitrogens with zero attached hydrogens (tertiary/aromatic N) is 1. The Balaban J connectivity index is 3.04. The van der Waals surface area contributed by atoms with E-state index in [-0.39, 0.29) is 11.7 Å². The van der Waals surface area contributed by atoms with Gasteiger partial charge in [0.1, 0.15) is 5.78 Å². The van der Waals surface area contributed by atoms with Crippen molar-refractivity contribution in [1.82, 2.24) is 4.98 Å². The molecule has 0 aliphatic rings. The van der Waals surface area contributed by atoms with Gasteiger partial charge in [-0.1, -0.05) is 6.92 Å². The van der Waals surface area contributed by atoms with Crippen LogP contribution < -0.4 is 0 Å². The Morgan fingerprint density at radius 2 is 2.38 bits per heavy atom. The van der Waals surface area contributed by atoms with E-state index < -0.39 is 0 Å². The predicted molar refractivity (Wildman–Crippen MR) is 55.7 cm³/mol. The normalized spacial score (nSPS) is 12.5. The number of Topliss-reactive ketones (excluding diaryl/α,β-unsaturated/α-hetero) is 1. The van der Waals surface area contributed by atoms with E-state index in [1.807, 2.05) is 19.1 Å². The molecule has 1 aromatic heterocycles. The summed E-state index contributed by atoms with van der Waals surface area (Å²) in [6.07, 6.45) is 2.51. The Labute approximate surface area is 86.5 Å². The molecule has 0 saturated heterocycles. The first-order valence-electron chi connectivity index (χ1n) is 4.27. The molecule has 1 heterocycles. The van der Waals surface area contributed by atoms with Gasteiger partial charge in [-0.25, -0.2) is 0 Å². The number of ketones is 1. The fraction of sp³-hybridized carbons (Fsp3) is 0.400. The second kappa shape index (κ2) is 4.51. The standard InChI is InChI=1S/C10H12BrNO/c1-3-8(7(2)13)10-9(11)5-4-6-12-10/h4-6,8H,3H2,1-2H3. The summed E-state index contributed by atoms with van der Waals surface area (Å²) in [5.74, 6) is 0.0949. The Morgan fingerprint density at radius 3 is 2.85 bits per heavy atom. The number of pyridine rings is 1. The second-order valence-corrected chi connectivity index (χ2v) is 3.80. The number of aromatic nitrogens is 1. The molecular weight excluding hydrogens is 230 g/mol. The summed E-state index contributed by atoms with van der Waals surface area (Å²) in [6.45, 7) is 3.60. The van der Waals surface area contributed by atoms with Crippen LogP contribution >= 0.6 is 15.9 Å². The van der Waals surface area contributed by atoms with Crippen molar-refractivity contribution in [1.29, 1.82) is 0 Å². The summed E-state index contributed by atoms with van der Waals surface area (Å²) < 4.78 is 0.914. The lowest BCUT2D eigenvalue weighted by Gasteiger charge is -2.11. The van der Waals surface area contributed by atoms with Gasteiger partial charge in [-0.2, -0.15) is 0 Å². The lowest BCUT2D eigenvalue weighted by atomic mass is 9.98. The van der Waals surface area contributed by atoms with E-state index >= 15 is 0 Å². The summed E-state index contributed by atoms with van der Waals surface area (Å²) in [5.41, 5.74) is 0.845. The molecule has 0 aliphatic heterocycles. The molecule has 1 aromatic rings. The molecule has 0 amide bonds. The van der Waals surface area contributed by atoms with Crippen molar-refractivity contribution < 1.29 is 4.79 Å². The average Bonchev–Trinajstić information content (AvgIpc) is 2.09. The molecule has 0 radical (unpaired) electrons. The van der Waals surface area contributed by atoms with E-state index in [9.17, 15) is 4.79 Å². The van der Waals surface area contributed by atoms with Gasteiger partial charge >= 0.3 is 0 Å². The summed E-state index contributed by atoms with van der Waals surface area (Å²) in [5, 5.41) is 0. The van der Waals surface area contributed by atoms with Gasteiger partial charge in [0.25, 0.3) is 0 Å². The highest BCUT2D eigenvalue weighted by atomic mass is 79.9. The molecule has 0 bridgehead atoms. The van der Waals surface area contributed by atoms with Crippen LogP contribution in [-0.2, 0) is 4.79 Å². The Kier molecular flexibility index (Phi) is 3.60. The molecule has 0 spiro atoms. The van der Waals surface area contributed by atoms with E-state index in [4.69, 9.17) is 0 Å². The first-order chi connectivity index (χ1) is 6.16. The molecule has 0 aliphatic carbocycles. The van der Waals surface area contributed by atoms with E-state index in [1.54, 1.807) is 13.1 Å². The summed E-state index contributed by atoms with van der Waals surface area (Å²) >= 11 is 3.39. The first kappa shape index (κ1) is 10.4. The number of carbonyl (C=O) groups is 1. The fourth-order valence-corrected chi connectivity index (χ4v) is 1.86. The number of carbonyl (C=O) groups excluding carboxylic acids is 1. The van der Waals surface area contributed by atoms with Gasteiger partial charge in [-0.15, -0.1) is 0 Å². The Morgan fingerprint density at radius 1 is 1.69 bits per heavy atom. The highest BCUT2D eigenvalue weighted by Crippen LogP contribution is 2.25. The van der Waals surface area contributed by atoms with Crippen LogP contribution in [0, 0.1) is 0 Å². The van der Waals surface area contributed by atoms with E-state index in [0.717, 1.165) is 16.6 Å². The molecule has 1 rings (SSSR count). The van der Waals surface area contributed by atoms with Crippen molar-refractivity contribution in [3.8, 4) is 0 Å². The lowest BCUT2D eigenvalue weighted by molar-refractivity contribution is -0.118. The van der Waals surface area contributed by atoms with Gasteiger partial charge < -0.3 is 0 Å². The third-order valence-electron chi connectivity index (χ3n) is 2.02. The van der Waals surface area contributed by atoms with Gasteiger partial charge in [0, 0.05) is 10.7 Å². The minimum atomic E-state index is -0.0735. The second-order valence-electron chi connectivity index (χ2n) is 2.94. The van der Waals surface area contributed by atoms with Crippen molar-refractivity contribution >= 4 is 21.7 Å². The minimum Gasteiger partial charge on any atom is -0.299 e. The van der Waals surface area contributed by atoms with Crippen LogP contribution in [0.1, 0.15) is 31.9 Å². The summed E-state index contributed by atoms with van der Waals surface area (Å²) in [7, 11) is 0. The summed E-state index contributed by atoms with van der Waals surface area (Å²) in [6, 6.07) is 3.76. The van der Waals surface area contributed by atoms with Crippen molar-refractivity contribution in [2.75, 3.05) is 0 Å². The van der Waals surface area contributed by atoms with Crippen molar-refractivity contribution in [2.45, 2.75) is 26.2 Å². The number of hydrogen-bond acceptors (Lipinski definition) is 2. The van der Waals surface area contributed by atoms with Crippen LogP contribution in [-0.4, -0.2) is 10.8 Å². The molecule has 0 aromatic carbocycles. The molecule has 0 saturated carbocycles. The van der Waals surface area contributed by atoms with Gasteiger partial charge in [0.05, 0.1) is 11.6 Å².